The molecule has 2 heterocycles. The van der Waals surface area contributed by atoms with Gasteiger partial charge in [-0.1, -0.05) is 18.2 Å². The first kappa shape index (κ1) is 13.5. The number of benzene rings is 1. The van der Waals surface area contributed by atoms with Crippen molar-refractivity contribution in [1.29, 1.82) is 0 Å². The number of pyridine rings is 1. The molecule has 0 atom stereocenters. The van der Waals surface area contributed by atoms with Gasteiger partial charge in [-0.25, -0.2) is 4.98 Å². The van der Waals surface area contributed by atoms with Crippen molar-refractivity contribution in [2.75, 3.05) is 6.54 Å². The van der Waals surface area contributed by atoms with E-state index in [0.29, 0.717) is 17.8 Å². The molecule has 0 unspecified atom stereocenters. The quantitative estimate of drug-likeness (QED) is 0.697. The van der Waals surface area contributed by atoms with Crippen LogP contribution in [0.1, 0.15) is 11.4 Å². The maximum absolute atomic E-state index is 11.9. The maximum atomic E-state index is 11.9. The van der Waals surface area contributed by atoms with Gasteiger partial charge in [-0.15, -0.1) is 0 Å². The zero-order valence-corrected chi connectivity index (χ0v) is 11.5. The van der Waals surface area contributed by atoms with Crippen LogP contribution in [0.2, 0.25) is 0 Å². The highest BCUT2D eigenvalue weighted by atomic mass is 16.1. The summed E-state index contributed by atoms with van der Waals surface area (Å²) in [5.41, 5.74) is 1.82. The third-order valence-electron chi connectivity index (χ3n) is 3.27. The van der Waals surface area contributed by atoms with Crippen molar-refractivity contribution in [2.45, 2.75) is 13.0 Å². The van der Waals surface area contributed by atoms with E-state index < -0.39 is 0 Å². The Balaban J connectivity index is 1.62. The van der Waals surface area contributed by atoms with Crippen LogP contribution in [0.25, 0.3) is 10.9 Å². The van der Waals surface area contributed by atoms with Gasteiger partial charge in [0.1, 0.15) is 5.82 Å². The number of aromatic amines is 1. The summed E-state index contributed by atoms with van der Waals surface area (Å²) in [5.74, 6) is 0.657. The van der Waals surface area contributed by atoms with E-state index in [1.807, 2.05) is 36.5 Å². The van der Waals surface area contributed by atoms with Gasteiger partial charge in [0.05, 0.1) is 17.4 Å². The molecule has 21 heavy (non-hydrogen) atoms. The summed E-state index contributed by atoms with van der Waals surface area (Å²) in [6.45, 7) is 1.35. The third kappa shape index (κ3) is 3.32. The Kier molecular flexibility index (Phi) is 4.02. The van der Waals surface area contributed by atoms with E-state index >= 15 is 0 Å². The molecule has 0 amide bonds. The largest absolute Gasteiger partial charge is 0.310 e. The highest BCUT2D eigenvalue weighted by Gasteiger charge is 2.02. The molecule has 3 rings (SSSR count). The van der Waals surface area contributed by atoms with Crippen LogP contribution >= 0.6 is 0 Å². The first-order valence-electron chi connectivity index (χ1n) is 6.90. The zero-order chi connectivity index (χ0) is 14.5. The number of H-pyrrole nitrogens is 1. The molecular formula is C16H16N4O. The van der Waals surface area contributed by atoms with Crippen molar-refractivity contribution in [3.05, 3.63) is 70.5 Å². The molecule has 5 nitrogen and oxygen atoms in total. The van der Waals surface area contributed by atoms with E-state index in [0.717, 1.165) is 18.5 Å². The number of nitrogens with zero attached hydrogens (tertiary/aromatic N) is 2. The monoisotopic (exact) mass is 280 g/mol. The third-order valence-corrected chi connectivity index (χ3v) is 3.27. The van der Waals surface area contributed by atoms with Gasteiger partial charge in [0, 0.05) is 12.4 Å². The molecule has 0 radical (unpaired) electrons. The Bertz CT molecular complexity index is 783. The van der Waals surface area contributed by atoms with Gasteiger partial charge in [0.2, 0.25) is 0 Å². The first-order valence-corrected chi connectivity index (χ1v) is 6.90. The van der Waals surface area contributed by atoms with Crippen molar-refractivity contribution in [3.63, 3.8) is 0 Å². The summed E-state index contributed by atoms with van der Waals surface area (Å²) in [6, 6.07) is 11.3. The predicted octanol–water partition coefficient (Wildman–Crippen LogP) is 1.65. The van der Waals surface area contributed by atoms with E-state index in [-0.39, 0.29) is 5.56 Å². The van der Waals surface area contributed by atoms with Gasteiger partial charge in [-0.3, -0.25) is 9.78 Å². The van der Waals surface area contributed by atoms with Crippen molar-refractivity contribution >= 4 is 10.9 Å². The topological polar surface area (TPSA) is 70.7 Å². The molecule has 1 aromatic carbocycles. The summed E-state index contributed by atoms with van der Waals surface area (Å²) in [4.78, 5) is 23.3. The van der Waals surface area contributed by atoms with E-state index in [9.17, 15) is 4.79 Å². The summed E-state index contributed by atoms with van der Waals surface area (Å²) >= 11 is 0. The molecule has 0 fully saturated rings. The number of hydrogen-bond donors (Lipinski definition) is 2. The fraction of sp³-hybridized carbons (Fsp3) is 0.188. The fourth-order valence-electron chi connectivity index (χ4n) is 2.20. The van der Waals surface area contributed by atoms with Crippen LogP contribution in [0.5, 0.6) is 0 Å². The van der Waals surface area contributed by atoms with E-state index in [2.05, 4.69) is 20.3 Å². The van der Waals surface area contributed by atoms with Crippen LogP contribution in [0.4, 0.5) is 0 Å². The van der Waals surface area contributed by atoms with Gasteiger partial charge in [-0.05, 0) is 36.7 Å². The van der Waals surface area contributed by atoms with E-state index in [1.165, 1.54) is 5.56 Å². The second kappa shape index (κ2) is 6.28. The molecule has 5 heteroatoms. The van der Waals surface area contributed by atoms with Crippen LogP contribution in [0.15, 0.2) is 53.6 Å². The Morgan fingerprint density at radius 2 is 2.05 bits per heavy atom. The fourth-order valence-corrected chi connectivity index (χ4v) is 2.20. The second-order valence-electron chi connectivity index (χ2n) is 4.82. The van der Waals surface area contributed by atoms with Crippen LogP contribution in [-0.4, -0.2) is 21.5 Å². The van der Waals surface area contributed by atoms with E-state index in [4.69, 9.17) is 0 Å². The van der Waals surface area contributed by atoms with Crippen LogP contribution in [0.3, 0.4) is 0 Å². The average molecular weight is 280 g/mol. The predicted molar refractivity (Wildman–Crippen MR) is 82.0 cm³/mol. The van der Waals surface area contributed by atoms with Crippen molar-refractivity contribution < 1.29 is 0 Å². The lowest BCUT2D eigenvalue weighted by Crippen LogP contribution is -2.21. The number of hydrogen-bond acceptors (Lipinski definition) is 4. The Labute approximate surface area is 122 Å². The molecule has 0 saturated heterocycles. The number of nitrogens with one attached hydrogen (secondary N) is 2. The minimum absolute atomic E-state index is 0.0929. The van der Waals surface area contributed by atoms with E-state index in [1.54, 1.807) is 12.3 Å². The second-order valence-corrected chi connectivity index (χ2v) is 4.82. The normalized spacial score (nSPS) is 10.9. The van der Waals surface area contributed by atoms with Gasteiger partial charge >= 0.3 is 0 Å². The molecule has 0 aliphatic carbocycles. The summed E-state index contributed by atoms with van der Waals surface area (Å²) < 4.78 is 0. The average Bonchev–Trinajstić information content (AvgIpc) is 2.53. The lowest BCUT2D eigenvalue weighted by Gasteiger charge is -2.05. The van der Waals surface area contributed by atoms with Crippen LogP contribution in [-0.2, 0) is 13.0 Å². The Morgan fingerprint density at radius 3 is 2.90 bits per heavy atom. The van der Waals surface area contributed by atoms with Gasteiger partial charge in [-0.2, -0.15) is 0 Å². The standard InChI is InChI=1S/C16H16N4O/c21-16-13-5-1-2-6-14(13)19-15(20-16)11-18-9-7-12-4-3-8-17-10-12/h1-6,8,10,18H,7,9,11H2,(H,19,20,21). The lowest BCUT2D eigenvalue weighted by atomic mass is 10.2. The summed E-state index contributed by atoms with van der Waals surface area (Å²) in [5, 5.41) is 3.90. The molecule has 2 aromatic heterocycles. The molecule has 0 spiro atoms. The van der Waals surface area contributed by atoms with Crippen LogP contribution < -0.4 is 10.9 Å². The number of aromatic nitrogens is 3. The van der Waals surface area contributed by atoms with Gasteiger partial charge < -0.3 is 10.3 Å². The number of rotatable bonds is 5. The number of para-hydroxylation sites is 1. The molecule has 2 N–H and O–H groups in total. The summed E-state index contributed by atoms with van der Waals surface area (Å²) in [7, 11) is 0. The molecule has 0 aliphatic rings. The first-order chi connectivity index (χ1) is 10.3. The van der Waals surface area contributed by atoms with Crippen molar-refractivity contribution in [2.24, 2.45) is 0 Å². The number of fused-ring (bicyclic) bond motifs is 1. The zero-order valence-electron chi connectivity index (χ0n) is 11.5. The molecule has 0 saturated carbocycles. The smallest absolute Gasteiger partial charge is 0.258 e. The highest BCUT2D eigenvalue weighted by Crippen LogP contribution is 2.05. The molecule has 0 aliphatic heterocycles. The lowest BCUT2D eigenvalue weighted by molar-refractivity contribution is 0.659. The van der Waals surface area contributed by atoms with Crippen molar-refractivity contribution in [1.82, 2.24) is 20.3 Å². The van der Waals surface area contributed by atoms with Crippen LogP contribution in [0, 0.1) is 0 Å². The molecule has 0 bridgehead atoms. The molecular weight excluding hydrogens is 264 g/mol. The Hall–Kier alpha value is -2.53. The SMILES string of the molecule is O=c1[nH]c(CNCCc2cccnc2)nc2ccccc12. The molecule has 106 valence electrons. The maximum Gasteiger partial charge on any atom is 0.258 e. The highest BCUT2D eigenvalue weighted by molar-refractivity contribution is 5.77. The Morgan fingerprint density at radius 1 is 1.14 bits per heavy atom. The van der Waals surface area contributed by atoms with Gasteiger partial charge in [0.15, 0.2) is 0 Å². The molecule has 3 aromatic rings. The minimum Gasteiger partial charge on any atom is -0.310 e. The summed E-state index contributed by atoms with van der Waals surface area (Å²) in [6.07, 6.45) is 4.52. The minimum atomic E-state index is -0.0929. The van der Waals surface area contributed by atoms with Gasteiger partial charge in [0.25, 0.3) is 5.56 Å². The van der Waals surface area contributed by atoms with Crippen molar-refractivity contribution in [3.8, 4) is 0 Å².